The van der Waals surface area contributed by atoms with Gasteiger partial charge in [-0.25, -0.2) is 9.78 Å². The van der Waals surface area contributed by atoms with Gasteiger partial charge in [0.25, 0.3) is 5.91 Å². The van der Waals surface area contributed by atoms with Crippen molar-refractivity contribution >= 4 is 29.5 Å². The molecular weight excluding hydrogens is 528 g/mol. The van der Waals surface area contributed by atoms with Crippen LogP contribution in [0, 0.1) is 0 Å². The second-order valence-electron chi connectivity index (χ2n) is 8.30. The van der Waals surface area contributed by atoms with Crippen LogP contribution in [0.15, 0.2) is 66.9 Å². The molecule has 2 N–H and O–H groups in total. The molecule has 3 heterocycles. The van der Waals surface area contributed by atoms with E-state index in [2.05, 4.69) is 20.5 Å². The minimum absolute atomic E-state index is 0.257. The van der Waals surface area contributed by atoms with Crippen LogP contribution in [0.2, 0.25) is 5.02 Å². The second-order valence-corrected chi connectivity index (χ2v) is 8.71. The SMILES string of the molecule is COc1ccc(-c2ccc(NC(=O)c3ccc(Oc4cc5c(cc4Cl)C(OC(=O)O)CCO5)cc3)nn2)cn1. The average Bonchev–Trinajstić information content (AvgIpc) is 2.94. The van der Waals surface area contributed by atoms with Crippen molar-refractivity contribution in [3.05, 3.63) is 83.0 Å². The van der Waals surface area contributed by atoms with Gasteiger partial charge in [0.2, 0.25) is 5.88 Å². The molecule has 0 bridgehead atoms. The van der Waals surface area contributed by atoms with E-state index in [0.29, 0.717) is 53.0 Å². The lowest BCUT2D eigenvalue weighted by Gasteiger charge is -2.25. The summed E-state index contributed by atoms with van der Waals surface area (Å²) in [7, 11) is 1.54. The average molecular weight is 549 g/mol. The first kappa shape index (κ1) is 25.7. The predicted octanol–water partition coefficient (Wildman–Crippen LogP) is 5.76. The summed E-state index contributed by atoms with van der Waals surface area (Å²) in [5, 5.41) is 20.1. The maximum Gasteiger partial charge on any atom is 0.506 e. The van der Waals surface area contributed by atoms with E-state index in [1.54, 1.807) is 60.8 Å². The third kappa shape index (κ3) is 5.99. The van der Waals surface area contributed by atoms with Crippen LogP contribution in [-0.4, -0.2) is 46.1 Å². The zero-order valence-electron chi connectivity index (χ0n) is 20.5. The molecule has 0 aliphatic carbocycles. The van der Waals surface area contributed by atoms with Gasteiger partial charge in [-0.1, -0.05) is 11.6 Å². The minimum atomic E-state index is -1.37. The molecule has 0 saturated carbocycles. The van der Waals surface area contributed by atoms with Crippen LogP contribution in [-0.2, 0) is 4.74 Å². The van der Waals surface area contributed by atoms with E-state index >= 15 is 0 Å². The van der Waals surface area contributed by atoms with Gasteiger partial charge < -0.3 is 29.4 Å². The Morgan fingerprint density at radius 1 is 1.08 bits per heavy atom. The number of hydrogen-bond donors (Lipinski definition) is 2. The molecule has 1 unspecified atom stereocenters. The lowest BCUT2D eigenvalue weighted by atomic mass is 10.0. The molecule has 0 fully saturated rings. The first-order chi connectivity index (χ1) is 18.9. The summed E-state index contributed by atoms with van der Waals surface area (Å²) < 4.78 is 21.5. The van der Waals surface area contributed by atoms with Crippen LogP contribution in [0.3, 0.4) is 0 Å². The molecule has 11 nitrogen and oxygen atoms in total. The summed E-state index contributed by atoms with van der Waals surface area (Å²) in [4.78, 5) is 27.8. The van der Waals surface area contributed by atoms with Crippen LogP contribution in [0.25, 0.3) is 11.3 Å². The number of fused-ring (bicyclic) bond motifs is 1. The lowest BCUT2D eigenvalue weighted by molar-refractivity contribution is 0.0326. The molecule has 0 spiro atoms. The highest BCUT2D eigenvalue weighted by Gasteiger charge is 2.27. The Labute approximate surface area is 227 Å². The Kier molecular flexibility index (Phi) is 7.41. The third-order valence-electron chi connectivity index (χ3n) is 5.78. The highest BCUT2D eigenvalue weighted by atomic mass is 35.5. The first-order valence-electron chi connectivity index (χ1n) is 11.7. The largest absolute Gasteiger partial charge is 0.506 e. The van der Waals surface area contributed by atoms with E-state index in [-0.39, 0.29) is 16.7 Å². The number of carbonyl (C=O) groups excluding carboxylic acids is 1. The molecule has 1 atom stereocenters. The molecule has 2 aromatic heterocycles. The molecular formula is C27H21ClN4O7. The van der Waals surface area contributed by atoms with Gasteiger partial charge in [-0.05, 0) is 48.5 Å². The molecule has 198 valence electrons. The molecule has 4 aromatic rings. The molecule has 1 amide bonds. The summed E-state index contributed by atoms with van der Waals surface area (Å²) >= 11 is 6.38. The zero-order chi connectivity index (χ0) is 27.4. The van der Waals surface area contributed by atoms with Gasteiger partial charge in [0.15, 0.2) is 5.82 Å². The third-order valence-corrected chi connectivity index (χ3v) is 6.08. The smallest absolute Gasteiger partial charge is 0.493 e. The van der Waals surface area contributed by atoms with E-state index in [0.717, 1.165) is 5.56 Å². The Hall–Kier alpha value is -4.90. The number of benzene rings is 2. The summed E-state index contributed by atoms with van der Waals surface area (Å²) in [6, 6.07) is 16.5. The standard InChI is InChI=1S/C27H21ClN4O7/c1-36-25-9-4-16(14-29-25)20-7-8-24(32-31-20)30-26(33)15-2-5-17(6-3-15)38-23-13-22-18(12-19(23)28)21(10-11-37-22)39-27(34)35/h2-9,12-14,21H,10-11H2,1H3,(H,34,35)(H,30,32,33). The number of halogens is 1. The number of hydrogen-bond acceptors (Lipinski definition) is 9. The predicted molar refractivity (Wildman–Crippen MR) is 140 cm³/mol. The van der Waals surface area contributed by atoms with Crippen LogP contribution in [0.5, 0.6) is 23.1 Å². The second kappa shape index (κ2) is 11.2. The number of carbonyl (C=O) groups is 2. The van der Waals surface area contributed by atoms with Gasteiger partial charge >= 0.3 is 6.16 Å². The lowest BCUT2D eigenvalue weighted by Crippen LogP contribution is -2.18. The maximum absolute atomic E-state index is 12.7. The Morgan fingerprint density at radius 3 is 2.56 bits per heavy atom. The number of aromatic nitrogens is 3. The number of carboxylic acid groups (broad SMARTS) is 1. The van der Waals surface area contributed by atoms with Gasteiger partial charge in [-0.2, -0.15) is 0 Å². The van der Waals surface area contributed by atoms with Crippen molar-refractivity contribution in [3.8, 4) is 34.4 Å². The van der Waals surface area contributed by atoms with Crippen molar-refractivity contribution < 1.29 is 33.6 Å². The fourth-order valence-corrected chi connectivity index (χ4v) is 4.09. The number of amides is 1. The van der Waals surface area contributed by atoms with E-state index in [9.17, 15) is 9.59 Å². The van der Waals surface area contributed by atoms with Crippen LogP contribution >= 0.6 is 11.6 Å². The van der Waals surface area contributed by atoms with Crippen molar-refractivity contribution in [1.82, 2.24) is 15.2 Å². The molecule has 1 aliphatic heterocycles. The van der Waals surface area contributed by atoms with E-state index in [1.165, 1.54) is 7.11 Å². The number of nitrogens with zero attached hydrogens (tertiary/aromatic N) is 3. The van der Waals surface area contributed by atoms with Gasteiger partial charge in [-0.15, -0.1) is 10.2 Å². The van der Waals surface area contributed by atoms with E-state index < -0.39 is 12.3 Å². The molecule has 12 heteroatoms. The quantitative estimate of drug-likeness (QED) is 0.273. The van der Waals surface area contributed by atoms with Crippen LogP contribution in [0.1, 0.15) is 28.4 Å². The molecule has 1 aliphatic rings. The Morgan fingerprint density at radius 2 is 1.90 bits per heavy atom. The first-order valence-corrected chi connectivity index (χ1v) is 12.1. The number of anilines is 1. The van der Waals surface area contributed by atoms with Crippen LogP contribution < -0.4 is 19.5 Å². The number of rotatable bonds is 7. The molecule has 39 heavy (non-hydrogen) atoms. The van der Waals surface area contributed by atoms with E-state index in [4.69, 9.17) is 35.7 Å². The number of pyridine rings is 1. The highest BCUT2D eigenvalue weighted by molar-refractivity contribution is 6.32. The van der Waals surface area contributed by atoms with Gasteiger partial charge in [0.05, 0.1) is 24.4 Å². The normalized spacial score (nSPS) is 13.9. The molecule has 0 saturated heterocycles. The molecule has 2 aromatic carbocycles. The monoisotopic (exact) mass is 548 g/mol. The summed E-state index contributed by atoms with van der Waals surface area (Å²) in [6.45, 7) is 0.293. The van der Waals surface area contributed by atoms with Gasteiger partial charge in [0, 0.05) is 41.4 Å². The zero-order valence-corrected chi connectivity index (χ0v) is 21.2. The van der Waals surface area contributed by atoms with E-state index in [1.807, 2.05) is 6.07 Å². The fourth-order valence-electron chi connectivity index (χ4n) is 3.88. The summed E-state index contributed by atoms with van der Waals surface area (Å²) in [6.07, 6.45) is -0.0332. The highest BCUT2D eigenvalue weighted by Crippen LogP contribution is 2.42. The Balaban J connectivity index is 1.23. The summed E-state index contributed by atoms with van der Waals surface area (Å²) in [5.41, 5.74) is 2.27. The van der Waals surface area contributed by atoms with Crippen molar-refractivity contribution in [1.29, 1.82) is 0 Å². The Bertz CT molecular complexity index is 1500. The fraction of sp³-hybridized carbons (Fsp3) is 0.148. The molecule has 5 rings (SSSR count). The molecule has 0 radical (unpaired) electrons. The maximum atomic E-state index is 12.7. The van der Waals surface area contributed by atoms with Crippen LogP contribution in [0.4, 0.5) is 10.6 Å². The van der Waals surface area contributed by atoms with Crippen molar-refractivity contribution in [3.63, 3.8) is 0 Å². The van der Waals surface area contributed by atoms with Crippen molar-refractivity contribution in [2.75, 3.05) is 19.0 Å². The number of nitrogens with one attached hydrogen (secondary N) is 1. The number of methoxy groups -OCH3 is 1. The van der Waals surface area contributed by atoms with Crippen molar-refractivity contribution in [2.45, 2.75) is 12.5 Å². The van der Waals surface area contributed by atoms with Gasteiger partial charge in [0.1, 0.15) is 23.4 Å². The topological polar surface area (TPSA) is 142 Å². The van der Waals surface area contributed by atoms with Gasteiger partial charge in [-0.3, -0.25) is 4.79 Å². The minimum Gasteiger partial charge on any atom is -0.493 e. The number of ether oxygens (including phenoxy) is 4. The van der Waals surface area contributed by atoms with Crippen molar-refractivity contribution in [2.24, 2.45) is 0 Å². The summed E-state index contributed by atoms with van der Waals surface area (Å²) in [5.74, 6) is 1.58.